The number of piperazine rings is 1. The van der Waals surface area contributed by atoms with E-state index in [9.17, 15) is 18.0 Å². The molecule has 2 saturated heterocycles. The summed E-state index contributed by atoms with van der Waals surface area (Å²) in [5.41, 5.74) is -0.129. The highest BCUT2D eigenvalue weighted by Gasteiger charge is 2.34. The molecule has 3 aromatic heterocycles. The molecule has 2 aliphatic heterocycles. The van der Waals surface area contributed by atoms with Crippen molar-refractivity contribution in [3.05, 3.63) is 82.1 Å². The smallest absolute Gasteiger partial charge is 0.350 e. The monoisotopic (exact) mass is 651 g/mol. The molecule has 0 bridgehead atoms. The Morgan fingerprint density at radius 3 is 2.51 bits per heavy atom. The molecule has 6 rings (SSSR count). The number of aromatic nitrogens is 4. The minimum Gasteiger partial charge on any atom is -0.350 e. The van der Waals surface area contributed by atoms with Gasteiger partial charge in [-0.1, -0.05) is 30.3 Å². The van der Waals surface area contributed by atoms with E-state index in [4.69, 9.17) is 11.6 Å². The maximum absolute atomic E-state index is 16.0. The molecule has 1 amide bonds. The van der Waals surface area contributed by atoms with Crippen molar-refractivity contribution in [1.82, 2.24) is 29.3 Å². The zero-order valence-corrected chi connectivity index (χ0v) is 26.5. The number of benzene rings is 1. The SMILES string of the molecule is C=CC(=O)N1CCN(c2nc(=O)n(-c3c(C4CN(C)C4)cccc3S(C)(=O)=O)c3nc(-c4ncccc4Cl)c(F)cc23)[C@@H](C)C1. The van der Waals surface area contributed by atoms with E-state index in [1.807, 2.05) is 18.9 Å². The molecule has 1 atom stereocenters. The predicted molar refractivity (Wildman–Crippen MR) is 170 cm³/mol. The van der Waals surface area contributed by atoms with E-state index in [0.717, 1.165) is 6.26 Å². The fourth-order valence-electron chi connectivity index (χ4n) is 6.16. The number of rotatable bonds is 6. The third kappa shape index (κ3) is 5.49. The van der Waals surface area contributed by atoms with Crippen LogP contribution >= 0.6 is 11.6 Å². The molecule has 1 aromatic carbocycles. The number of sulfone groups is 1. The van der Waals surface area contributed by atoms with Crippen LogP contribution in [-0.4, -0.2) is 95.7 Å². The molecule has 11 nitrogen and oxygen atoms in total. The first-order valence-electron chi connectivity index (χ1n) is 14.3. The van der Waals surface area contributed by atoms with Gasteiger partial charge in [-0.15, -0.1) is 0 Å². The van der Waals surface area contributed by atoms with Crippen LogP contribution < -0.4 is 10.6 Å². The highest BCUT2D eigenvalue weighted by Crippen LogP contribution is 2.37. The van der Waals surface area contributed by atoms with Gasteiger partial charge in [0.1, 0.15) is 17.2 Å². The Morgan fingerprint density at radius 1 is 1.11 bits per heavy atom. The van der Waals surface area contributed by atoms with E-state index < -0.39 is 21.3 Å². The summed E-state index contributed by atoms with van der Waals surface area (Å²) in [5.74, 6) is -0.849. The number of halogens is 2. The topological polar surface area (TPSA) is 122 Å². The average Bonchev–Trinajstić information content (AvgIpc) is 2.98. The van der Waals surface area contributed by atoms with Crippen LogP contribution in [0.4, 0.5) is 10.2 Å². The second-order valence-electron chi connectivity index (χ2n) is 11.5. The van der Waals surface area contributed by atoms with E-state index in [-0.39, 0.29) is 61.7 Å². The molecule has 234 valence electrons. The van der Waals surface area contributed by atoms with Gasteiger partial charge < -0.3 is 14.7 Å². The lowest BCUT2D eigenvalue weighted by Crippen LogP contribution is -2.54. The predicted octanol–water partition coefficient (Wildman–Crippen LogP) is 3.29. The van der Waals surface area contributed by atoms with Crippen LogP contribution in [0.1, 0.15) is 18.4 Å². The number of likely N-dealkylation sites (N-methyl/N-ethyl adjacent to an activating group) is 1. The number of hydrogen-bond acceptors (Lipinski definition) is 9. The van der Waals surface area contributed by atoms with Crippen molar-refractivity contribution < 1.29 is 17.6 Å². The molecular formula is C31H31ClFN7O4S. The van der Waals surface area contributed by atoms with Crippen LogP contribution in [0.5, 0.6) is 0 Å². The summed E-state index contributed by atoms with van der Waals surface area (Å²) >= 11 is 6.40. The Labute approximate surface area is 264 Å². The third-order valence-corrected chi connectivity index (χ3v) is 9.76. The maximum atomic E-state index is 16.0. The number of anilines is 1. The lowest BCUT2D eigenvalue weighted by molar-refractivity contribution is -0.126. The highest BCUT2D eigenvalue weighted by molar-refractivity contribution is 7.90. The number of fused-ring (bicyclic) bond motifs is 1. The minimum absolute atomic E-state index is 0.00458. The molecule has 14 heteroatoms. The number of carbonyl (C=O) groups is 1. The molecule has 45 heavy (non-hydrogen) atoms. The van der Waals surface area contributed by atoms with Crippen LogP contribution in [0.3, 0.4) is 0 Å². The molecule has 2 aliphatic rings. The van der Waals surface area contributed by atoms with Gasteiger partial charge in [0.25, 0.3) is 0 Å². The quantitative estimate of drug-likeness (QED) is 0.289. The van der Waals surface area contributed by atoms with Crippen molar-refractivity contribution >= 4 is 44.2 Å². The summed E-state index contributed by atoms with van der Waals surface area (Å²) in [5, 5.41) is 0.344. The van der Waals surface area contributed by atoms with Gasteiger partial charge in [0, 0.05) is 57.1 Å². The van der Waals surface area contributed by atoms with Crippen molar-refractivity contribution in [2.24, 2.45) is 0 Å². The van der Waals surface area contributed by atoms with Crippen molar-refractivity contribution in [2.75, 3.05) is 50.9 Å². The normalized spacial score (nSPS) is 17.8. The molecule has 0 N–H and O–H groups in total. The number of carbonyl (C=O) groups excluding carboxylic acids is 1. The summed E-state index contributed by atoms with van der Waals surface area (Å²) < 4.78 is 43.5. The van der Waals surface area contributed by atoms with Gasteiger partial charge >= 0.3 is 5.69 Å². The van der Waals surface area contributed by atoms with E-state index >= 15 is 4.39 Å². The number of para-hydroxylation sites is 1. The number of hydrogen-bond donors (Lipinski definition) is 0. The molecule has 0 radical (unpaired) electrons. The lowest BCUT2D eigenvalue weighted by atomic mass is 9.90. The van der Waals surface area contributed by atoms with Crippen LogP contribution in [0.15, 0.2) is 64.9 Å². The second kappa shape index (κ2) is 11.6. The number of likely N-dealkylation sites (tertiary alicyclic amines) is 1. The first-order chi connectivity index (χ1) is 21.4. The molecule has 0 saturated carbocycles. The van der Waals surface area contributed by atoms with Crippen molar-refractivity contribution in [2.45, 2.75) is 23.8 Å². The van der Waals surface area contributed by atoms with Crippen molar-refractivity contribution in [3.8, 4) is 17.1 Å². The van der Waals surface area contributed by atoms with Crippen molar-refractivity contribution in [3.63, 3.8) is 0 Å². The van der Waals surface area contributed by atoms with Crippen LogP contribution in [0.2, 0.25) is 5.02 Å². The Morgan fingerprint density at radius 2 is 1.87 bits per heavy atom. The number of pyridine rings is 2. The molecule has 0 aliphatic carbocycles. The van der Waals surface area contributed by atoms with E-state index in [0.29, 0.717) is 38.3 Å². The van der Waals surface area contributed by atoms with Crippen molar-refractivity contribution in [1.29, 1.82) is 0 Å². The van der Waals surface area contributed by atoms with Gasteiger partial charge in [0.05, 0.1) is 21.0 Å². The first kappa shape index (κ1) is 30.8. The fraction of sp³-hybridized carbons (Fsp3) is 0.323. The zero-order valence-electron chi connectivity index (χ0n) is 24.9. The van der Waals surface area contributed by atoms with Crippen LogP contribution in [-0.2, 0) is 14.6 Å². The summed E-state index contributed by atoms with van der Waals surface area (Å²) in [6.45, 7) is 7.70. The molecule has 4 aromatic rings. The van der Waals surface area contributed by atoms with Gasteiger partial charge in [-0.2, -0.15) is 4.98 Å². The summed E-state index contributed by atoms with van der Waals surface area (Å²) in [6.07, 6.45) is 3.78. The van der Waals surface area contributed by atoms with Gasteiger partial charge in [0.2, 0.25) is 5.91 Å². The van der Waals surface area contributed by atoms with E-state index in [1.165, 1.54) is 29.0 Å². The maximum Gasteiger partial charge on any atom is 0.355 e. The van der Waals surface area contributed by atoms with Gasteiger partial charge in [-0.25, -0.2) is 27.2 Å². The van der Waals surface area contributed by atoms with Crippen LogP contribution in [0.25, 0.3) is 28.1 Å². The largest absolute Gasteiger partial charge is 0.355 e. The zero-order chi connectivity index (χ0) is 32.2. The molecule has 5 heterocycles. The summed E-state index contributed by atoms with van der Waals surface area (Å²) in [4.78, 5) is 45.3. The minimum atomic E-state index is -3.85. The summed E-state index contributed by atoms with van der Waals surface area (Å²) in [6, 6.07) is 8.98. The molecule has 2 fully saturated rings. The number of nitrogens with zero attached hydrogens (tertiary/aromatic N) is 7. The second-order valence-corrected chi connectivity index (χ2v) is 13.9. The van der Waals surface area contributed by atoms with Gasteiger partial charge in [-0.05, 0) is 49.9 Å². The Bertz CT molecular complexity index is 2030. The molecular weight excluding hydrogens is 621 g/mol. The van der Waals surface area contributed by atoms with E-state index in [2.05, 4.69) is 26.4 Å². The Balaban J connectivity index is 1.67. The van der Waals surface area contributed by atoms with Gasteiger partial charge in [-0.3, -0.25) is 9.78 Å². The summed E-state index contributed by atoms with van der Waals surface area (Å²) in [7, 11) is -1.90. The van der Waals surface area contributed by atoms with E-state index in [1.54, 1.807) is 29.2 Å². The standard InChI is InChI=1S/C31H31ClFN7O4S/c1-5-25(41)38-12-13-39(18(2)15-38)29-21-14-23(33)27(26-22(32)9-7-11-34-26)35-30(21)40(31(42)36-29)28-20(19-16-37(3)17-19)8-6-10-24(28)45(4,43)44/h5-11,14,18-19H,1,12-13,15-17H2,2-4H3/t18-/m0/s1. The fourth-order valence-corrected chi connectivity index (χ4v) is 7.25. The third-order valence-electron chi connectivity index (χ3n) is 8.33. The Hall–Kier alpha value is -4.20. The lowest BCUT2D eigenvalue weighted by Gasteiger charge is -2.40. The highest BCUT2D eigenvalue weighted by atomic mass is 35.5. The number of amides is 1. The molecule has 0 unspecified atom stereocenters. The first-order valence-corrected chi connectivity index (χ1v) is 16.6. The van der Waals surface area contributed by atoms with Gasteiger partial charge in [0.15, 0.2) is 21.3 Å². The Kier molecular flexibility index (Phi) is 7.96. The van der Waals surface area contributed by atoms with Crippen LogP contribution in [0, 0.1) is 5.82 Å². The average molecular weight is 652 g/mol. The molecule has 0 spiro atoms.